The lowest BCUT2D eigenvalue weighted by Gasteiger charge is -2.26. The molecule has 14 heteroatoms. The minimum absolute atomic E-state index is 0.0829. The highest BCUT2D eigenvalue weighted by Gasteiger charge is 2.35. The molecule has 0 saturated heterocycles. The van der Waals surface area contributed by atoms with Gasteiger partial charge in [-0.1, -0.05) is 19.7 Å². The first-order valence-electron chi connectivity index (χ1n) is 11.6. The minimum Gasteiger partial charge on any atom is -0.460 e. The van der Waals surface area contributed by atoms with Crippen molar-refractivity contribution in [3.05, 3.63) is 36.5 Å². The highest BCUT2D eigenvalue weighted by Crippen LogP contribution is 2.53. The number of carbonyl (C=O) groups excluding carboxylic acids is 3. The van der Waals surface area contributed by atoms with Crippen LogP contribution in [0.5, 0.6) is 0 Å². The topological polar surface area (TPSA) is 151 Å². The van der Waals surface area contributed by atoms with E-state index in [-0.39, 0.29) is 56.4 Å². The Bertz CT molecular complexity index is 760. The van der Waals surface area contributed by atoms with E-state index in [0.717, 1.165) is 0 Å². The van der Waals surface area contributed by atoms with Crippen molar-refractivity contribution in [2.45, 2.75) is 60.4 Å². The maximum Gasteiger partial charge on any atom is 0.481 e. The molecule has 0 aromatic rings. The van der Waals surface area contributed by atoms with Gasteiger partial charge in [0.1, 0.15) is 19.8 Å². The second-order valence-corrected chi connectivity index (χ2v) is 9.35. The summed E-state index contributed by atoms with van der Waals surface area (Å²) < 4.78 is 60.2. The summed E-state index contributed by atoms with van der Waals surface area (Å²) in [5, 5.41) is 0. The Labute approximate surface area is 223 Å². The molecule has 0 radical (unpaired) electrons. The summed E-state index contributed by atoms with van der Waals surface area (Å²) in [6.45, 7) is 18.6. The van der Waals surface area contributed by atoms with Gasteiger partial charge in [-0.05, 0) is 41.5 Å². The van der Waals surface area contributed by atoms with E-state index < -0.39 is 44.6 Å². The lowest BCUT2D eigenvalue weighted by molar-refractivity contribution is -0.163. The van der Waals surface area contributed by atoms with Gasteiger partial charge >= 0.3 is 25.7 Å². The van der Waals surface area contributed by atoms with Crippen molar-refractivity contribution in [1.29, 1.82) is 0 Å². The Morgan fingerprint density at radius 2 is 0.789 bits per heavy atom. The normalized spacial score (nSPS) is 14.9. The van der Waals surface area contributed by atoms with Crippen LogP contribution in [0.2, 0.25) is 0 Å². The fourth-order valence-corrected chi connectivity index (χ4v) is 3.55. The van der Waals surface area contributed by atoms with E-state index in [1.807, 2.05) is 0 Å². The van der Waals surface area contributed by atoms with Crippen molar-refractivity contribution in [1.82, 2.24) is 0 Å². The van der Waals surface area contributed by atoms with Crippen molar-refractivity contribution in [2.75, 3.05) is 39.6 Å². The molecule has 218 valence electrons. The lowest BCUT2D eigenvalue weighted by Crippen LogP contribution is -2.24. The van der Waals surface area contributed by atoms with Gasteiger partial charge < -0.3 is 28.4 Å². The van der Waals surface area contributed by atoms with Crippen LogP contribution in [-0.4, -0.2) is 76.4 Å². The van der Waals surface area contributed by atoms with Gasteiger partial charge in [0.15, 0.2) is 18.9 Å². The maximum absolute atomic E-state index is 13.3. The first-order valence-corrected chi connectivity index (χ1v) is 13.1. The maximum atomic E-state index is 13.3. The Balaban J connectivity index is 4.94. The molecule has 0 saturated carbocycles. The van der Waals surface area contributed by atoms with E-state index in [0.29, 0.717) is 0 Å². The molecule has 38 heavy (non-hydrogen) atoms. The number of hydrogen-bond acceptors (Lipinski definition) is 13. The molecule has 13 nitrogen and oxygen atoms in total. The molecule has 0 rings (SSSR count). The van der Waals surface area contributed by atoms with Crippen LogP contribution >= 0.6 is 7.82 Å². The zero-order valence-corrected chi connectivity index (χ0v) is 23.7. The Morgan fingerprint density at radius 1 is 0.553 bits per heavy atom. The van der Waals surface area contributed by atoms with Crippen LogP contribution in [0.3, 0.4) is 0 Å². The van der Waals surface area contributed by atoms with Gasteiger partial charge in [-0.25, -0.2) is 18.9 Å². The quantitative estimate of drug-likeness (QED) is 0.0497. The molecule has 0 aliphatic heterocycles. The zero-order valence-electron chi connectivity index (χ0n) is 22.9. The van der Waals surface area contributed by atoms with E-state index >= 15 is 0 Å². The highest BCUT2D eigenvalue weighted by atomic mass is 31.2. The first-order chi connectivity index (χ1) is 17.7. The van der Waals surface area contributed by atoms with Gasteiger partial charge in [0.05, 0.1) is 19.8 Å². The standard InChI is InChI=1S/C24H39O13P/c1-16(2)22(25)32-13-10-29-19(7)35-38(28,36-20(8)30-11-14-33-23(26)17(3)4)37-21(9)31-12-15-34-24(27)18(5)6/h19-21H,1,3,5,10-15H2,2,4,6-9H3. The molecule has 0 spiro atoms. The number of phosphoric ester groups is 1. The van der Waals surface area contributed by atoms with Gasteiger partial charge in [-0.15, -0.1) is 0 Å². The fraction of sp³-hybridized carbons (Fsp3) is 0.625. The average Bonchev–Trinajstić information content (AvgIpc) is 2.81. The van der Waals surface area contributed by atoms with Crippen molar-refractivity contribution in [3.63, 3.8) is 0 Å². The van der Waals surface area contributed by atoms with E-state index in [1.54, 1.807) is 0 Å². The molecule has 0 bridgehead atoms. The predicted octanol–water partition coefficient (Wildman–Crippen LogP) is 3.59. The molecule has 0 aliphatic rings. The van der Waals surface area contributed by atoms with E-state index in [9.17, 15) is 18.9 Å². The number of ether oxygens (including phenoxy) is 6. The van der Waals surface area contributed by atoms with Gasteiger partial charge in [-0.3, -0.25) is 13.6 Å². The summed E-state index contributed by atoms with van der Waals surface area (Å²) in [6.07, 6.45) is -3.38. The van der Waals surface area contributed by atoms with Crippen molar-refractivity contribution in [2.24, 2.45) is 0 Å². The molecule has 0 fully saturated rings. The van der Waals surface area contributed by atoms with Crippen molar-refractivity contribution in [3.8, 4) is 0 Å². The number of phosphoric acid groups is 1. The van der Waals surface area contributed by atoms with Crippen LogP contribution in [0.1, 0.15) is 41.5 Å². The second kappa shape index (κ2) is 18.8. The van der Waals surface area contributed by atoms with Crippen LogP contribution in [0, 0.1) is 0 Å². The molecule has 3 unspecified atom stereocenters. The Hall–Kier alpha value is -2.38. The highest BCUT2D eigenvalue weighted by molar-refractivity contribution is 7.48. The Kier molecular flexibility index (Phi) is 17.6. The van der Waals surface area contributed by atoms with Crippen LogP contribution in [-0.2, 0) is 60.9 Å². The summed E-state index contributed by atoms with van der Waals surface area (Å²) in [4.78, 5) is 34.3. The second-order valence-electron chi connectivity index (χ2n) is 7.83. The molecule has 3 atom stereocenters. The van der Waals surface area contributed by atoms with Gasteiger partial charge in [0.2, 0.25) is 0 Å². The van der Waals surface area contributed by atoms with E-state index in [1.165, 1.54) is 41.5 Å². The summed E-state index contributed by atoms with van der Waals surface area (Å²) >= 11 is 0. The largest absolute Gasteiger partial charge is 0.481 e. The van der Waals surface area contributed by atoms with Crippen molar-refractivity contribution < 1.29 is 60.9 Å². The van der Waals surface area contributed by atoms with Gasteiger partial charge in [-0.2, -0.15) is 0 Å². The molecule has 0 aliphatic carbocycles. The smallest absolute Gasteiger partial charge is 0.460 e. The monoisotopic (exact) mass is 566 g/mol. The number of rotatable bonds is 21. The van der Waals surface area contributed by atoms with Gasteiger partial charge in [0.25, 0.3) is 0 Å². The molecule has 0 amide bonds. The third-order valence-corrected chi connectivity index (χ3v) is 5.55. The summed E-state index contributed by atoms with van der Waals surface area (Å²) in [5.41, 5.74) is 0.687. The summed E-state index contributed by atoms with van der Waals surface area (Å²) in [7, 11) is -4.38. The number of esters is 3. The number of carbonyl (C=O) groups is 3. The van der Waals surface area contributed by atoms with E-state index in [2.05, 4.69) is 19.7 Å². The first kappa shape index (κ1) is 35.6. The molecular weight excluding hydrogens is 527 g/mol. The third-order valence-electron chi connectivity index (χ3n) is 3.89. The predicted molar refractivity (Wildman–Crippen MR) is 134 cm³/mol. The van der Waals surface area contributed by atoms with Gasteiger partial charge in [0, 0.05) is 16.7 Å². The number of hydrogen-bond donors (Lipinski definition) is 0. The molecule has 0 aromatic carbocycles. The van der Waals surface area contributed by atoms with Crippen LogP contribution in [0.4, 0.5) is 0 Å². The summed E-state index contributed by atoms with van der Waals surface area (Å²) in [5.74, 6) is -1.75. The molecule has 0 aromatic heterocycles. The van der Waals surface area contributed by atoms with E-state index in [4.69, 9.17) is 42.0 Å². The third kappa shape index (κ3) is 17.2. The SMILES string of the molecule is C=C(C)C(=O)OCCOC(C)OP(=O)(OC(C)OCCOC(=O)C(=C)C)OC(C)OCCOC(=O)C(=C)C. The van der Waals surface area contributed by atoms with Crippen LogP contribution < -0.4 is 0 Å². The molecule has 0 heterocycles. The average molecular weight is 567 g/mol. The Morgan fingerprint density at radius 3 is 1.00 bits per heavy atom. The van der Waals surface area contributed by atoms with Crippen LogP contribution in [0.25, 0.3) is 0 Å². The zero-order chi connectivity index (χ0) is 29.3. The summed E-state index contributed by atoms with van der Waals surface area (Å²) in [6, 6.07) is 0. The lowest BCUT2D eigenvalue weighted by atomic mass is 10.4. The van der Waals surface area contributed by atoms with Crippen molar-refractivity contribution >= 4 is 25.7 Å². The fourth-order valence-electron chi connectivity index (χ4n) is 2.13. The molecule has 0 N–H and O–H groups in total. The van der Waals surface area contributed by atoms with Crippen LogP contribution in [0.15, 0.2) is 36.5 Å². The molecular formula is C24H39O13P. The minimum atomic E-state index is -4.38.